The molecular weight excluding hydrogens is 236 g/mol. The van der Waals surface area contributed by atoms with Gasteiger partial charge in [-0.25, -0.2) is 0 Å². The average molecular weight is 256 g/mol. The summed E-state index contributed by atoms with van der Waals surface area (Å²) in [6, 6.07) is 4.25. The van der Waals surface area contributed by atoms with Crippen LogP contribution in [0.1, 0.15) is 31.6 Å². The van der Waals surface area contributed by atoms with Crippen LogP contribution >= 0.6 is 23.1 Å². The molecule has 0 bridgehead atoms. The molecule has 1 aromatic rings. The van der Waals surface area contributed by atoms with Crippen molar-refractivity contribution in [1.82, 2.24) is 0 Å². The number of hydrogen-bond donors (Lipinski definition) is 1. The van der Waals surface area contributed by atoms with E-state index in [2.05, 4.69) is 31.4 Å². The Morgan fingerprint density at radius 1 is 1.44 bits per heavy atom. The van der Waals surface area contributed by atoms with E-state index in [1.54, 1.807) is 11.3 Å². The number of thiophene rings is 1. The molecule has 0 aromatic carbocycles. The Balaban J connectivity index is 2.01. The van der Waals surface area contributed by atoms with Gasteiger partial charge in [0.15, 0.2) is 0 Å². The smallest absolute Gasteiger partial charge is 0.0792 e. The van der Waals surface area contributed by atoms with Crippen molar-refractivity contribution >= 4 is 23.1 Å². The summed E-state index contributed by atoms with van der Waals surface area (Å²) in [4.78, 5) is 1.39. The maximum absolute atomic E-state index is 10.8. The molecule has 3 heteroatoms. The van der Waals surface area contributed by atoms with Crippen LogP contribution in [0.25, 0.3) is 0 Å². The third-order valence-electron chi connectivity index (χ3n) is 3.84. The summed E-state index contributed by atoms with van der Waals surface area (Å²) < 4.78 is 0. The van der Waals surface area contributed by atoms with Crippen LogP contribution in [0, 0.1) is 5.41 Å². The summed E-state index contributed by atoms with van der Waals surface area (Å²) in [5.74, 6) is 2.08. The highest BCUT2D eigenvalue weighted by Crippen LogP contribution is 2.44. The topological polar surface area (TPSA) is 20.2 Å². The first-order valence-corrected chi connectivity index (χ1v) is 7.89. The largest absolute Gasteiger partial charge is 0.388 e. The van der Waals surface area contributed by atoms with Crippen LogP contribution in [0.3, 0.4) is 0 Å². The first-order chi connectivity index (χ1) is 7.54. The third kappa shape index (κ3) is 2.47. The maximum Gasteiger partial charge on any atom is 0.0792 e. The molecule has 1 aliphatic heterocycles. The van der Waals surface area contributed by atoms with E-state index in [1.165, 1.54) is 10.6 Å². The lowest BCUT2D eigenvalue weighted by Crippen LogP contribution is -2.50. The number of thioether (sulfide) groups is 1. The zero-order chi connectivity index (χ0) is 11.6. The predicted molar refractivity (Wildman–Crippen MR) is 73.3 cm³/mol. The Bertz CT molecular complexity index is 332. The van der Waals surface area contributed by atoms with Gasteiger partial charge in [-0.15, -0.1) is 11.3 Å². The highest BCUT2D eigenvalue weighted by Gasteiger charge is 2.44. The molecule has 1 nitrogen and oxygen atoms in total. The number of aryl methyl sites for hydroxylation is 1. The second-order valence-electron chi connectivity index (χ2n) is 5.30. The fraction of sp³-hybridized carbons (Fsp3) is 0.692. The minimum atomic E-state index is -0.486. The zero-order valence-corrected chi connectivity index (χ0v) is 11.7. The van der Waals surface area contributed by atoms with Gasteiger partial charge in [-0.2, -0.15) is 11.8 Å². The second kappa shape index (κ2) is 4.71. The van der Waals surface area contributed by atoms with Crippen LogP contribution in [0.2, 0.25) is 0 Å². The summed E-state index contributed by atoms with van der Waals surface area (Å²) >= 11 is 3.69. The minimum absolute atomic E-state index is 0.0650. The first-order valence-electron chi connectivity index (χ1n) is 5.86. The third-order valence-corrected chi connectivity index (χ3v) is 5.95. The van der Waals surface area contributed by atoms with Crippen molar-refractivity contribution in [2.45, 2.75) is 38.7 Å². The summed E-state index contributed by atoms with van der Waals surface area (Å²) in [6.07, 6.45) is 3.03. The average Bonchev–Trinajstić information content (AvgIpc) is 2.73. The molecule has 1 fully saturated rings. The Labute approximate surface area is 106 Å². The van der Waals surface area contributed by atoms with Crippen molar-refractivity contribution in [3.63, 3.8) is 0 Å². The van der Waals surface area contributed by atoms with Gasteiger partial charge in [0.05, 0.1) is 5.60 Å². The predicted octanol–water partition coefficient (Wildman–Crippen LogP) is 3.57. The summed E-state index contributed by atoms with van der Waals surface area (Å²) in [5, 5.41) is 12.9. The van der Waals surface area contributed by atoms with Gasteiger partial charge in [0.25, 0.3) is 0 Å². The summed E-state index contributed by atoms with van der Waals surface area (Å²) in [7, 11) is 0. The zero-order valence-electron chi connectivity index (χ0n) is 10.0. The molecule has 0 amide bonds. The van der Waals surface area contributed by atoms with E-state index in [4.69, 9.17) is 0 Å². The highest BCUT2D eigenvalue weighted by atomic mass is 32.2. The molecule has 1 saturated heterocycles. The molecule has 90 valence electrons. The lowest BCUT2D eigenvalue weighted by Gasteiger charge is -2.46. The van der Waals surface area contributed by atoms with Crippen LogP contribution in [0.5, 0.6) is 0 Å². The quantitative estimate of drug-likeness (QED) is 0.892. The highest BCUT2D eigenvalue weighted by molar-refractivity contribution is 7.99. The fourth-order valence-corrected chi connectivity index (χ4v) is 4.57. The molecule has 0 radical (unpaired) electrons. The van der Waals surface area contributed by atoms with Crippen molar-refractivity contribution in [2.24, 2.45) is 5.41 Å². The van der Waals surface area contributed by atoms with Crippen molar-refractivity contribution in [2.75, 3.05) is 11.5 Å². The molecule has 2 rings (SSSR count). The lowest BCUT2D eigenvalue weighted by molar-refractivity contribution is -0.0578. The van der Waals surface area contributed by atoms with Crippen LogP contribution in [0.15, 0.2) is 17.5 Å². The minimum Gasteiger partial charge on any atom is -0.388 e. The molecule has 1 unspecified atom stereocenters. The van der Waals surface area contributed by atoms with Crippen molar-refractivity contribution < 1.29 is 5.11 Å². The van der Waals surface area contributed by atoms with Crippen LogP contribution in [0.4, 0.5) is 0 Å². The molecule has 1 atom stereocenters. The Morgan fingerprint density at radius 2 is 2.25 bits per heavy atom. The lowest BCUT2D eigenvalue weighted by atomic mass is 9.71. The van der Waals surface area contributed by atoms with Crippen LogP contribution in [-0.4, -0.2) is 22.2 Å². The SMILES string of the molecule is CC1(C)CCSCC1(O)CCc1cccs1. The van der Waals surface area contributed by atoms with Crippen LogP contribution < -0.4 is 0 Å². The van der Waals surface area contributed by atoms with E-state index < -0.39 is 5.60 Å². The molecule has 0 spiro atoms. The molecule has 1 aliphatic rings. The molecule has 16 heavy (non-hydrogen) atoms. The second-order valence-corrected chi connectivity index (χ2v) is 7.43. The van der Waals surface area contributed by atoms with Gasteiger partial charge in [-0.3, -0.25) is 0 Å². The van der Waals surface area contributed by atoms with Gasteiger partial charge in [-0.05, 0) is 41.9 Å². The van der Waals surface area contributed by atoms with E-state index in [0.717, 1.165) is 25.0 Å². The summed E-state index contributed by atoms with van der Waals surface area (Å²) in [6.45, 7) is 4.42. The van der Waals surface area contributed by atoms with E-state index in [0.29, 0.717) is 0 Å². The molecule has 0 aliphatic carbocycles. The Morgan fingerprint density at radius 3 is 2.88 bits per heavy atom. The maximum atomic E-state index is 10.8. The van der Waals surface area contributed by atoms with E-state index in [-0.39, 0.29) is 5.41 Å². The van der Waals surface area contributed by atoms with E-state index >= 15 is 0 Å². The molecule has 0 saturated carbocycles. The molecule has 1 N–H and O–H groups in total. The van der Waals surface area contributed by atoms with Crippen molar-refractivity contribution in [3.05, 3.63) is 22.4 Å². The Kier molecular flexibility index (Phi) is 3.67. The molecular formula is C13H20OS2. The van der Waals surface area contributed by atoms with Crippen LogP contribution in [-0.2, 0) is 6.42 Å². The standard InChI is InChI=1S/C13H20OS2/c1-12(2)7-9-15-10-13(12,14)6-5-11-4-3-8-16-11/h3-4,8,14H,5-7,9-10H2,1-2H3. The van der Waals surface area contributed by atoms with Crippen molar-refractivity contribution in [3.8, 4) is 0 Å². The van der Waals surface area contributed by atoms with Gasteiger partial charge in [0.2, 0.25) is 0 Å². The normalized spacial score (nSPS) is 29.2. The van der Waals surface area contributed by atoms with E-state index in [1.807, 2.05) is 11.8 Å². The first kappa shape index (κ1) is 12.5. The van der Waals surface area contributed by atoms with E-state index in [9.17, 15) is 5.11 Å². The van der Waals surface area contributed by atoms with Gasteiger partial charge in [0.1, 0.15) is 0 Å². The monoisotopic (exact) mass is 256 g/mol. The number of rotatable bonds is 3. The molecule has 1 aromatic heterocycles. The Hall–Kier alpha value is 0.01000. The fourth-order valence-electron chi connectivity index (χ4n) is 2.19. The van der Waals surface area contributed by atoms with Gasteiger partial charge in [0, 0.05) is 10.6 Å². The van der Waals surface area contributed by atoms with Gasteiger partial charge in [-0.1, -0.05) is 19.9 Å². The molecule has 2 heterocycles. The number of hydrogen-bond acceptors (Lipinski definition) is 3. The van der Waals surface area contributed by atoms with Gasteiger partial charge >= 0.3 is 0 Å². The summed E-state index contributed by atoms with van der Waals surface area (Å²) in [5.41, 5.74) is -0.421. The number of aliphatic hydroxyl groups is 1. The van der Waals surface area contributed by atoms with Gasteiger partial charge < -0.3 is 5.11 Å². The van der Waals surface area contributed by atoms with Crippen molar-refractivity contribution in [1.29, 1.82) is 0 Å².